The molecule has 0 spiro atoms. The molecule has 1 aromatic heterocycles. The van der Waals surface area contributed by atoms with Gasteiger partial charge in [0.25, 0.3) is 5.91 Å². The second kappa shape index (κ2) is 9.77. The van der Waals surface area contributed by atoms with Crippen LogP contribution in [0.15, 0.2) is 66.7 Å². The van der Waals surface area contributed by atoms with Crippen LogP contribution in [-0.2, 0) is 9.59 Å². The molecule has 172 valence electrons. The number of hydrogen-bond donors (Lipinski definition) is 3. The maximum Gasteiger partial charge on any atom is 0.328 e. The molecule has 0 saturated carbocycles. The highest BCUT2D eigenvalue weighted by Crippen LogP contribution is 2.26. The number of hydrogen-bond acceptors (Lipinski definition) is 3. The molecule has 0 radical (unpaired) electrons. The summed E-state index contributed by atoms with van der Waals surface area (Å²) in [4.78, 5) is 38.3. The van der Waals surface area contributed by atoms with Gasteiger partial charge in [0.1, 0.15) is 5.69 Å². The normalized spacial score (nSPS) is 10.7. The van der Waals surface area contributed by atoms with Crippen LogP contribution in [-0.4, -0.2) is 22.4 Å². The Morgan fingerprint density at radius 1 is 0.794 bits per heavy atom. The lowest BCUT2D eigenvalue weighted by molar-refractivity contribution is -0.133. The van der Waals surface area contributed by atoms with Crippen molar-refractivity contribution in [1.29, 1.82) is 0 Å². The maximum absolute atomic E-state index is 13.2. The Morgan fingerprint density at radius 3 is 2.24 bits per heavy atom. The standard InChI is InChI=1S/C24H17Cl3N4O3/c1-13-18(27)3-2-4-19(13)29-22(32)21-12-14-11-16(26)7-10-20(14)31(21)30-24(34)23(33)28-17-8-5-15(25)6-9-17/h2-12H,1H3,(H,28,33)(H,29,32)(H,30,34). The number of carbonyl (C=O) groups is 3. The van der Waals surface area contributed by atoms with E-state index < -0.39 is 17.7 Å². The molecular weight excluding hydrogens is 499 g/mol. The molecule has 4 rings (SSSR count). The predicted molar refractivity (Wildman–Crippen MR) is 136 cm³/mol. The van der Waals surface area contributed by atoms with Crippen molar-refractivity contribution >= 4 is 74.8 Å². The first-order chi connectivity index (χ1) is 16.2. The number of nitrogens with zero attached hydrogens (tertiary/aromatic N) is 1. The molecule has 0 aliphatic carbocycles. The summed E-state index contributed by atoms with van der Waals surface area (Å²) in [6, 6.07) is 17.9. The Bertz CT molecular complexity index is 1430. The summed E-state index contributed by atoms with van der Waals surface area (Å²) in [7, 11) is 0. The van der Waals surface area contributed by atoms with E-state index in [0.29, 0.717) is 42.9 Å². The molecule has 3 aromatic carbocycles. The van der Waals surface area contributed by atoms with Gasteiger partial charge in [0.15, 0.2) is 0 Å². The maximum atomic E-state index is 13.2. The van der Waals surface area contributed by atoms with E-state index in [4.69, 9.17) is 34.8 Å². The summed E-state index contributed by atoms with van der Waals surface area (Å²) in [6.07, 6.45) is 0. The van der Waals surface area contributed by atoms with Crippen LogP contribution < -0.4 is 16.1 Å². The van der Waals surface area contributed by atoms with Crippen LogP contribution in [0.2, 0.25) is 15.1 Å². The topological polar surface area (TPSA) is 92.2 Å². The number of halogens is 3. The Hall–Kier alpha value is -3.52. The third kappa shape index (κ3) is 5.02. The number of nitrogens with one attached hydrogen (secondary N) is 3. The van der Waals surface area contributed by atoms with Crippen LogP contribution in [0.4, 0.5) is 11.4 Å². The molecule has 0 saturated heterocycles. The molecule has 0 aliphatic heterocycles. The van der Waals surface area contributed by atoms with Gasteiger partial charge in [0.2, 0.25) is 0 Å². The zero-order valence-corrected chi connectivity index (χ0v) is 19.9. The number of aromatic nitrogens is 1. The van der Waals surface area contributed by atoms with E-state index in [2.05, 4.69) is 16.1 Å². The van der Waals surface area contributed by atoms with Crippen molar-refractivity contribution in [3.63, 3.8) is 0 Å². The number of amides is 3. The summed E-state index contributed by atoms with van der Waals surface area (Å²) < 4.78 is 1.24. The number of rotatable bonds is 4. The lowest BCUT2D eigenvalue weighted by Gasteiger charge is -2.14. The minimum atomic E-state index is -0.976. The van der Waals surface area contributed by atoms with Crippen LogP contribution in [0.25, 0.3) is 10.9 Å². The van der Waals surface area contributed by atoms with Crippen LogP contribution in [0, 0.1) is 6.92 Å². The van der Waals surface area contributed by atoms with E-state index in [1.54, 1.807) is 73.7 Å². The van der Waals surface area contributed by atoms with Gasteiger partial charge >= 0.3 is 11.8 Å². The quantitative estimate of drug-likeness (QED) is 0.297. The van der Waals surface area contributed by atoms with Crippen molar-refractivity contribution in [1.82, 2.24) is 4.68 Å². The average molecular weight is 516 g/mol. The summed E-state index contributed by atoms with van der Waals surface area (Å²) in [6.45, 7) is 1.77. The van der Waals surface area contributed by atoms with E-state index >= 15 is 0 Å². The third-order valence-electron chi connectivity index (χ3n) is 5.03. The molecule has 1 heterocycles. The molecule has 7 nitrogen and oxygen atoms in total. The highest BCUT2D eigenvalue weighted by molar-refractivity contribution is 6.42. The summed E-state index contributed by atoms with van der Waals surface area (Å²) in [5.74, 6) is -2.42. The molecule has 0 fully saturated rings. The number of fused-ring (bicyclic) bond motifs is 1. The fourth-order valence-electron chi connectivity index (χ4n) is 3.28. The Kier molecular flexibility index (Phi) is 6.79. The minimum Gasteiger partial charge on any atom is -0.320 e. The van der Waals surface area contributed by atoms with Crippen LogP contribution in [0.1, 0.15) is 16.1 Å². The number of benzene rings is 3. The smallest absolute Gasteiger partial charge is 0.320 e. The zero-order valence-electron chi connectivity index (χ0n) is 17.7. The molecule has 4 aromatic rings. The van der Waals surface area contributed by atoms with Gasteiger partial charge in [-0.25, -0.2) is 4.68 Å². The molecule has 0 aliphatic rings. The summed E-state index contributed by atoms with van der Waals surface area (Å²) in [5, 5.41) is 7.31. The lowest BCUT2D eigenvalue weighted by Crippen LogP contribution is -2.36. The lowest BCUT2D eigenvalue weighted by atomic mass is 10.2. The van der Waals surface area contributed by atoms with E-state index in [1.807, 2.05) is 0 Å². The first kappa shape index (κ1) is 23.6. The first-order valence-electron chi connectivity index (χ1n) is 9.98. The Balaban J connectivity index is 1.64. The van der Waals surface area contributed by atoms with E-state index in [0.717, 1.165) is 0 Å². The second-order valence-electron chi connectivity index (χ2n) is 7.34. The second-order valence-corrected chi connectivity index (χ2v) is 8.62. The summed E-state index contributed by atoms with van der Waals surface area (Å²) >= 11 is 18.1. The molecule has 0 atom stereocenters. The van der Waals surface area contributed by atoms with Crippen molar-refractivity contribution < 1.29 is 14.4 Å². The van der Waals surface area contributed by atoms with Gasteiger partial charge in [-0.1, -0.05) is 40.9 Å². The first-order valence-corrected chi connectivity index (χ1v) is 11.1. The monoisotopic (exact) mass is 514 g/mol. The number of anilines is 2. The van der Waals surface area contributed by atoms with Crippen molar-refractivity contribution in [2.24, 2.45) is 0 Å². The molecule has 34 heavy (non-hydrogen) atoms. The fourth-order valence-corrected chi connectivity index (χ4v) is 3.76. The molecule has 10 heteroatoms. The van der Waals surface area contributed by atoms with E-state index in [-0.39, 0.29) is 5.69 Å². The van der Waals surface area contributed by atoms with Crippen molar-refractivity contribution in [2.45, 2.75) is 6.92 Å². The van der Waals surface area contributed by atoms with Gasteiger partial charge < -0.3 is 10.6 Å². The van der Waals surface area contributed by atoms with E-state index in [1.165, 1.54) is 4.68 Å². The molecule has 0 unspecified atom stereocenters. The van der Waals surface area contributed by atoms with Crippen molar-refractivity contribution in [3.8, 4) is 0 Å². The van der Waals surface area contributed by atoms with E-state index in [9.17, 15) is 14.4 Å². The highest BCUT2D eigenvalue weighted by atomic mass is 35.5. The molecular formula is C24H17Cl3N4O3. The number of carbonyl (C=O) groups excluding carboxylic acids is 3. The van der Waals surface area contributed by atoms with Crippen LogP contribution in [0.3, 0.4) is 0 Å². The molecule has 0 bridgehead atoms. The average Bonchev–Trinajstić information content (AvgIpc) is 3.15. The predicted octanol–water partition coefficient (Wildman–Crippen LogP) is 5.87. The van der Waals surface area contributed by atoms with Crippen LogP contribution in [0.5, 0.6) is 0 Å². The summed E-state index contributed by atoms with van der Waals surface area (Å²) in [5.41, 5.74) is 4.65. The Labute approximate surface area is 209 Å². The minimum absolute atomic E-state index is 0.0873. The van der Waals surface area contributed by atoms with Gasteiger partial charge in [-0.3, -0.25) is 19.8 Å². The van der Waals surface area contributed by atoms with Crippen molar-refractivity contribution in [2.75, 3.05) is 16.1 Å². The fraction of sp³-hybridized carbons (Fsp3) is 0.0417. The van der Waals surface area contributed by atoms with Crippen molar-refractivity contribution in [3.05, 3.63) is 93.1 Å². The third-order valence-corrected chi connectivity index (χ3v) is 5.93. The SMILES string of the molecule is Cc1c(Cl)cccc1NC(=O)c1cc2cc(Cl)ccc2n1NC(=O)C(=O)Nc1ccc(Cl)cc1. The van der Waals surface area contributed by atoms with Gasteiger partial charge in [-0.15, -0.1) is 0 Å². The van der Waals surface area contributed by atoms with Gasteiger partial charge in [0, 0.05) is 31.8 Å². The Morgan fingerprint density at radius 2 is 1.50 bits per heavy atom. The van der Waals surface area contributed by atoms with Gasteiger partial charge in [0.05, 0.1) is 5.52 Å². The van der Waals surface area contributed by atoms with Gasteiger partial charge in [-0.2, -0.15) is 0 Å². The highest BCUT2D eigenvalue weighted by Gasteiger charge is 2.21. The molecule has 3 amide bonds. The van der Waals surface area contributed by atoms with Crippen LogP contribution >= 0.6 is 34.8 Å². The molecule has 3 N–H and O–H groups in total. The van der Waals surface area contributed by atoms with Gasteiger partial charge in [-0.05, 0) is 73.2 Å². The largest absolute Gasteiger partial charge is 0.328 e. The zero-order chi connectivity index (χ0) is 24.4.